The predicted molar refractivity (Wildman–Crippen MR) is 113 cm³/mol. The Morgan fingerprint density at radius 3 is 2.50 bits per heavy atom. The van der Waals surface area contributed by atoms with Gasteiger partial charge in [0.1, 0.15) is 17.3 Å². The van der Waals surface area contributed by atoms with Crippen LogP contribution < -0.4 is 10.2 Å². The first kappa shape index (κ1) is 20.1. The fourth-order valence-electron chi connectivity index (χ4n) is 3.35. The van der Waals surface area contributed by atoms with Gasteiger partial charge < -0.3 is 20.0 Å². The fourth-order valence-corrected chi connectivity index (χ4v) is 3.35. The highest BCUT2D eigenvalue weighted by Gasteiger charge is 2.23. The topological polar surface area (TPSA) is 64.6 Å². The van der Waals surface area contributed by atoms with E-state index in [0.717, 1.165) is 38.4 Å². The lowest BCUT2D eigenvalue weighted by Gasteiger charge is -2.36. The molecule has 2 heterocycles. The molecule has 1 fully saturated rings. The molecule has 1 aromatic carbocycles. The fraction of sp³-hybridized carbons (Fsp3) is 0.476. The van der Waals surface area contributed by atoms with Crippen molar-refractivity contribution in [2.45, 2.75) is 13.3 Å². The van der Waals surface area contributed by atoms with Gasteiger partial charge in [-0.3, -0.25) is 4.79 Å². The minimum absolute atomic E-state index is 0.0189. The standard InChI is InChI=1S/C21H30N6O/c1-17-23-19(16-20(24-17)22-10-7-11-25(2)3)21(28)27-14-12-26(13-15-27)18-8-5-4-6-9-18/h4-6,8-9,16H,7,10-15H2,1-3H3,(H,22,23,24). The Hall–Kier alpha value is -2.67. The molecule has 7 heteroatoms. The summed E-state index contributed by atoms with van der Waals surface area (Å²) in [5, 5.41) is 3.31. The summed E-state index contributed by atoms with van der Waals surface area (Å²) in [6.07, 6.45) is 1.01. The highest BCUT2D eigenvalue weighted by Crippen LogP contribution is 2.17. The molecule has 0 aliphatic carbocycles. The maximum absolute atomic E-state index is 12.9. The van der Waals surface area contributed by atoms with Gasteiger partial charge in [0.05, 0.1) is 0 Å². The Morgan fingerprint density at radius 2 is 1.82 bits per heavy atom. The maximum Gasteiger partial charge on any atom is 0.272 e. The predicted octanol–water partition coefficient (Wildman–Crippen LogP) is 2.11. The van der Waals surface area contributed by atoms with Crippen LogP contribution >= 0.6 is 0 Å². The molecule has 0 atom stereocenters. The summed E-state index contributed by atoms with van der Waals surface area (Å²) < 4.78 is 0. The van der Waals surface area contributed by atoms with Gasteiger partial charge in [0, 0.05) is 44.5 Å². The number of para-hydroxylation sites is 1. The molecule has 7 nitrogen and oxygen atoms in total. The molecule has 0 saturated carbocycles. The van der Waals surface area contributed by atoms with Crippen molar-refractivity contribution >= 4 is 17.4 Å². The number of aromatic nitrogens is 2. The molecule has 28 heavy (non-hydrogen) atoms. The zero-order valence-electron chi connectivity index (χ0n) is 17.1. The van der Waals surface area contributed by atoms with Crippen molar-refractivity contribution in [1.29, 1.82) is 0 Å². The van der Waals surface area contributed by atoms with Crippen LogP contribution in [0, 0.1) is 6.92 Å². The number of carbonyl (C=O) groups excluding carboxylic acids is 1. The zero-order chi connectivity index (χ0) is 19.9. The SMILES string of the molecule is Cc1nc(NCCCN(C)C)cc(C(=O)N2CCN(c3ccccc3)CC2)n1. The van der Waals surface area contributed by atoms with E-state index in [1.54, 1.807) is 6.07 Å². The molecule has 0 radical (unpaired) electrons. The van der Waals surface area contributed by atoms with Gasteiger partial charge in [0.25, 0.3) is 5.91 Å². The van der Waals surface area contributed by atoms with E-state index >= 15 is 0 Å². The van der Waals surface area contributed by atoms with E-state index in [0.29, 0.717) is 24.6 Å². The molecule has 150 valence electrons. The molecule has 0 spiro atoms. The quantitative estimate of drug-likeness (QED) is 0.740. The minimum Gasteiger partial charge on any atom is -0.370 e. The van der Waals surface area contributed by atoms with Gasteiger partial charge in [0.2, 0.25) is 0 Å². The second kappa shape index (κ2) is 9.50. The van der Waals surface area contributed by atoms with Gasteiger partial charge >= 0.3 is 0 Å². The van der Waals surface area contributed by atoms with Crippen LogP contribution in [0.1, 0.15) is 22.7 Å². The summed E-state index contributed by atoms with van der Waals surface area (Å²) in [6.45, 7) is 6.71. The molecule has 1 saturated heterocycles. The van der Waals surface area contributed by atoms with Gasteiger partial charge in [-0.1, -0.05) is 18.2 Å². The van der Waals surface area contributed by atoms with Gasteiger partial charge in [0.15, 0.2) is 0 Å². The molecule has 1 aromatic heterocycles. The van der Waals surface area contributed by atoms with Crippen molar-refractivity contribution in [3.63, 3.8) is 0 Å². The Balaban J connectivity index is 1.58. The number of piperazine rings is 1. The van der Waals surface area contributed by atoms with Crippen molar-refractivity contribution < 1.29 is 4.79 Å². The maximum atomic E-state index is 12.9. The number of amides is 1. The lowest BCUT2D eigenvalue weighted by molar-refractivity contribution is 0.0740. The normalized spacial score (nSPS) is 14.4. The van der Waals surface area contributed by atoms with E-state index in [-0.39, 0.29) is 5.91 Å². The first-order valence-corrected chi connectivity index (χ1v) is 9.86. The summed E-state index contributed by atoms with van der Waals surface area (Å²) in [4.78, 5) is 28.1. The Bertz CT molecular complexity index is 772. The minimum atomic E-state index is -0.0189. The summed E-state index contributed by atoms with van der Waals surface area (Å²) in [6, 6.07) is 12.1. The smallest absolute Gasteiger partial charge is 0.272 e. The van der Waals surface area contributed by atoms with Crippen LogP contribution in [0.15, 0.2) is 36.4 Å². The molecule has 1 amide bonds. The van der Waals surface area contributed by atoms with Gasteiger partial charge in [-0.25, -0.2) is 9.97 Å². The lowest BCUT2D eigenvalue weighted by atomic mass is 10.2. The average Bonchev–Trinajstić information content (AvgIpc) is 2.71. The van der Waals surface area contributed by atoms with E-state index in [4.69, 9.17) is 0 Å². The highest BCUT2D eigenvalue weighted by atomic mass is 16.2. The van der Waals surface area contributed by atoms with Crippen molar-refractivity contribution in [3.8, 4) is 0 Å². The third-order valence-corrected chi connectivity index (χ3v) is 4.83. The van der Waals surface area contributed by atoms with Crippen molar-refractivity contribution in [2.24, 2.45) is 0 Å². The summed E-state index contributed by atoms with van der Waals surface area (Å²) >= 11 is 0. The first-order chi connectivity index (χ1) is 13.5. The Kier molecular flexibility index (Phi) is 6.81. The number of carbonyl (C=O) groups is 1. The molecular formula is C21H30N6O. The number of nitrogens with zero attached hydrogens (tertiary/aromatic N) is 5. The third kappa shape index (κ3) is 5.42. The molecule has 0 bridgehead atoms. The summed E-state index contributed by atoms with van der Waals surface area (Å²) in [7, 11) is 4.12. The van der Waals surface area contributed by atoms with Gasteiger partial charge in [-0.05, 0) is 46.1 Å². The number of aryl methyl sites for hydroxylation is 1. The van der Waals surface area contributed by atoms with Crippen LogP contribution in [-0.4, -0.2) is 79.0 Å². The summed E-state index contributed by atoms with van der Waals surface area (Å²) in [5.74, 6) is 1.32. The number of hydrogen-bond acceptors (Lipinski definition) is 6. The number of anilines is 2. The number of hydrogen-bond donors (Lipinski definition) is 1. The van der Waals surface area contributed by atoms with Crippen molar-refractivity contribution in [1.82, 2.24) is 19.8 Å². The molecule has 1 aliphatic heterocycles. The van der Waals surface area contributed by atoms with Crippen LogP contribution in [0.25, 0.3) is 0 Å². The molecule has 1 N–H and O–H groups in total. The van der Waals surface area contributed by atoms with Gasteiger partial charge in [-0.2, -0.15) is 0 Å². The molecule has 0 unspecified atom stereocenters. The molecule has 1 aliphatic rings. The van der Waals surface area contributed by atoms with E-state index in [1.807, 2.05) is 30.0 Å². The number of benzene rings is 1. The van der Waals surface area contributed by atoms with Gasteiger partial charge in [-0.15, -0.1) is 0 Å². The van der Waals surface area contributed by atoms with Crippen LogP contribution in [0.5, 0.6) is 0 Å². The van der Waals surface area contributed by atoms with E-state index in [1.165, 1.54) is 5.69 Å². The van der Waals surface area contributed by atoms with Crippen LogP contribution in [0.4, 0.5) is 11.5 Å². The van der Waals surface area contributed by atoms with E-state index < -0.39 is 0 Å². The lowest BCUT2D eigenvalue weighted by Crippen LogP contribution is -2.49. The zero-order valence-corrected chi connectivity index (χ0v) is 17.1. The summed E-state index contributed by atoms with van der Waals surface area (Å²) in [5.41, 5.74) is 1.67. The monoisotopic (exact) mass is 382 g/mol. The van der Waals surface area contributed by atoms with Crippen LogP contribution in [-0.2, 0) is 0 Å². The third-order valence-electron chi connectivity index (χ3n) is 4.83. The first-order valence-electron chi connectivity index (χ1n) is 9.86. The number of rotatable bonds is 7. The van der Waals surface area contributed by atoms with E-state index in [9.17, 15) is 4.79 Å². The van der Waals surface area contributed by atoms with E-state index in [2.05, 4.69) is 51.3 Å². The second-order valence-corrected chi connectivity index (χ2v) is 7.38. The second-order valence-electron chi connectivity index (χ2n) is 7.38. The molecule has 3 rings (SSSR count). The Morgan fingerprint density at radius 1 is 1.11 bits per heavy atom. The molecular weight excluding hydrogens is 352 g/mol. The molecule has 2 aromatic rings. The average molecular weight is 383 g/mol. The Labute approximate surface area is 167 Å². The van der Waals surface area contributed by atoms with Crippen LogP contribution in [0.2, 0.25) is 0 Å². The van der Waals surface area contributed by atoms with Crippen molar-refractivity contribution in [2.75, 3.05) is 63.6 Å². The van der Waals surface area contributed by atoms with Crippen molar-refractivity contribution in [3.05, 3.63) is 47.9 Å². The van der Waals surface area contributed by atoms with Crippen LogP contribution in [0.3, 0.4) is 0 Å². The largest absolute Gasteiger partial charge is 0.370 e. The number of nitrogens with one attached hydrogen (secondary N) is 1. The highest BCUT2D eigenvalue weighted by molar-refractivity contribution is 5.93.